The Morgan fingerprint density at radius 2 is 2.00 bits per heavy atom. The summed E-state index contributed by atoms with van der Waals surface area (Å²) in [5, 5.41) is 8.49. The zero-order valence-electron chi connectivity index (χ0n) is 6.27. The van der Waals surface area contributed by atoms with Crippen LogP contribution in [0.5, 0.6) is 0 Å². The Bertz CT molecular complexity index is 200. The van der Waals surface area contributed by atoms with Gasteiger partial charge in [-0.3, -0.25) is 0 Å². The average molecular weight is 160 g/mol. The molecule has 0 aromatic carbocycles. The predicted molar refractivity (Wildman–Crippen MR) is 40.3 cm³/mol. The molecule has 0 heterocycles. The van der Waals surface area contributed by atoms with Crippen LogP contribution in [0.1, 0.15) is 6.92 Å². The van der Waals surface area contributed by atoms with Crippen LogP contribution in [0.3, 0.4) is 0 Å². The van der Waals surface area contributed by atoms with E-state index >= 15 is 0 Å². The molecule has 0 aliphatic heterocycles. The zero-order valence-corrected chi connectivity index (χ0v) is 6.27. The monoisotopic (exact) mass is 160 g/mol. The van der Waals surface area contributed by atoms with Crippen LogP contribution in [0.2, 0.25) is 0 Å². The van der Waals surface area contributed by atoms with E-state index < -0.39 is 18.3 Å². The summed E-state index contributed by atoms with van der Waals surface area (Å²) in [6.07, 6.45) is 2.22. The van der Waals surface area contributed by atoms with Gasteiger partial charge in [-0.2, -0.15) is 0 Å². The molecule has 1 N–H and O–H groups in total. The minimum Gasteiger partial charge on any atom is -0.392 e. The van der Waals surface area contributed by atoms with Gasteiger partial charge >= 0.3 is 0 Å². The molecule has 0 unspecified atom stereocenters. The number of aliphatic hydroxyl groups is 1. The Kier molecular flexibility index (Phi) is 4.38. The van der Waals surface area contributed by atoms with Crippen molar-refractivity contribution in [1.82, 2.24) is 0 Å². The maximum Gasteiger partial charge on any atom is 0.121 e. The Hall–Kier alpha value is -0.960. The van der Waals surface area contributed by atoms with Crippen molar-refractivity contribution in [2.75, 3.05) is 6.61 Å². The Balaban J connectivity index is 4.37. The van der Waals surface area contributed by atoms with Crippen molar-refractivity contribution in [3.8, 4) is 0 Å². The number of rotatable bonds is 3. The number of hydrogen-bond acceptors (Lipinski definition) is 1. The molecule has 3 heteroatoms. The lowest BCUT2D eigenvalue weighted by molar-refractivity contribution is 0.328. The fourth-order valence-electron chi connectivity index (χ4n) is 0.444. The van der Waals surface area contributed by atoms with Gasteiger partial charge in [0.25, 0.3) is 0 Å². The van der Waals surface area contributed by atoms with Crippen LogP contribution in [0.25, 0.3) is 0 Å². The first-order valence-corrected chi connectivity index (χ1v) is 3.06. The van der Waals surface area contributed by atoms with Gasteiger partial charge in [0, 0.05) is 5.57 Å². The minimum absolute atomic E-state index is 0.0120. The Morgan fingerprint density at radius 3 is 2.27 bits per heavy atom. The predicted octanol–water partition coefficient (Wildman–Crippen LogP) is 2.26. The number of allylic oxidation sites excluding steroid dienone is 3. The summed E-state index contributed by atoms with van der Waals surface area (Å²) >= 11 is 0. The lowest BCUT2D eigenvalue weighted by Gasteiger charge is -1.95. The van der Waals surface area contributed by atoms with Crippen LogP contribution >= 0.6 is 0 Å². The van der Waals surface area contributed by atoms with Gasteiger partial charge in [-0.1, -0.05) is 12.7 Å². The molecule has 0 bridgehead atoms. The average Bonchev–Trinajstić information content (AvgIpc) is 1.87. The fourth-order valence-corrected chi connectivity index (χ4v) is 0.444. The molecule has 0 aromatic rings. The van der Waals surface area contributed by atoms with Crippen LogP contribution in [-0.2, 0) is 0 Å². The molecular formula is C8H10F2O. The quantitative estimate of drug-likeness (QED) is 0.628. The maximum atomic E-state index is 12.2. The fraction of sp³-hybridized carbons (Fsp3) is 0.250. The second kappa shape index (κ2) is 4.79. The molecule has 0 saturated carbocycles. The first-order valence-electron chi connectivity index (χ1n) is 3.06. The highest BCUT2D eigenvalue weighted by atomic mass is 19.1. The molecule has 0 aliphatic carbocycles. The first-order chi connectivity index (χ1) is 5.07. The molecule has 0 spiro atoms. The second-order valence-corrected chi connectivity index (χ2v) is 2.01. The van der Waals surface area contributed by atoms with Crippen LogP contribution < -0.4 is 0 Å². The van der Waals surface area contributed by atoms with Gasteiger partial charge in [0.05, 0.1) is 12.4 Å². The first kappa shape index (κ1) is 10.0. The van der Waals surface area contributed by atoms with Crippen molar-refractivity contribution in [2.24, 2.45) is 0 Å². The van der Waals surface area contributed by atoms with Crippen molar-refractivity contribution in [3.05, 3.63) is 36.0 Å². The third kappa shape index (κ3) is 4.44. The third-order valence-corrected chi connectivity index (χ3v) is 1.03. The SMILES string of the molecule is C=C(F)/C(=C\C=C(/C)F)CO. The standard InChI is InChI=1S/C8H10F2O/c1-6(9)3-4-8(5-11)7(2)10/h3-4,11H,2,5H2,1H3/b6-3+,8-4-. The van der Waals surface area contributed by atoms with Gasteiger partial charge in [-0.15, -0.1) is 0 Å². The molecular weight excluding hydrogens is 150 g/mol. The lowest BCUT2D eigenvalue weighted by Crippen LogP contribution is -1.88. The molecule has 0 aromatic heterocycles. The van der Waals surface area contributed by atoms with Crippen molar-refractivity contribution in [1.29, 1.82) is 0 Å². The number of hydrogen-bond donors (Lipinski definition) is 1. The van der Waals surface area contributed by atoms with E-state index in [1.54, 1.807) is 0 Å². The number of halogens is 2. The van der Waals surface area contributed by atoms with E-state index in [0.717, 1.165) is 12.2 Å². The van der Waals surface area contributed by atoms with Gasteiger partial charge in [0.1, 0.15) is 5.83 Å². The summed E-state index contributed by atoms with van der Waals surface area (Å²) in [6, 6.07) is 0. The van der Waals surface area contributed by atoms with Crippen molar-refractivity contribution < 1.29 is 13.9 Å². The highest BCUT2D eigenvalue weighted by molar-refractivity contribution is 5.27. The highest BCUT2D eigenvalue weighted by Gasteiger charge is 1.97. The number of aliphatic hydroxyl groups excluding tert-OH is 1. The molecule has 0 aliphatic rings. The summed E-state index contributed by atoms with van der Waals surface area (Å²) in [6.45, 7) is 3.71. The smallest absolute Gasteiger partial charge is 0.121 e. The lowest BCUT2D eigenvalue weighted by atomic mass is 10.2. The van der Waals surface area contributed by atoms with E-state index in [0.29, 0.717) is 0 Å². The largest absolute Gasteiger partial charge is 0.392 e. The normalized spacial score (nSPS) is 13.5. The van der Waals surface area contributed by atoms with Crippen LogP contribution in [0, 0.1) is 0 Å². The summed E-state index contributed by atoms with van der Waals surface area (Å²) in [7, 11) is 0. The van der Waals surface area contributed by atoms with Crippen molar-refractivity contribution in [3.63, 3.8) is 0 Å². The minimum atomic E-state index is -0.745. The van der Waals surface area contributed by atoms with Crippen molar-refractivity contribution >= 4 is 0 Å². The van der Waals surface area contributed by atoms with E-state index in [9.17, 15) is 8.78 Å². The summed E-state index contributed by atoms with van der Waals surface area (Å²) in [5.41, 5.74) is -0.0120. The van der Waals surface area contributed by atoms with E-state index in [4.69, 9.17) is 5.11 Å². The van der Waals surface area contributed by atoms with E-state index in [1.807, 2.05) is 0 Å². The molecule has 11 heavy (non-hydrogen) atoms. The molecule has 0 amide bonds. The molecule has 1 nitrogen and oxygen atoms in total. The van der Waals surface area contributed by atoms with Crippen LogP contribution in [0.4, 0.5) is 8.78 Å². The molecule has 0 radical (unpaired) electrons. The van der Waals surface area contributed by atoms with Gasteiger partial charge in [0.2, 0.25) is 0 Å². The van der Waals surface area contributed by atoms with Crippen LogP contribution in [0.15, 0.2) is 36.0 Å². The molecule has 62 valence electrons. The van der Waals surface area contributed by atoms with E-state index in [1.165, 1.54) is 6.92 Å². The highest BCUT2D eigenvalue weighted by Crippen LogP contribution is 2.08. The topological polar surface area (TPSA) is 20.2 Å². The van der Waals surface area contributed by atoms with Crippen molar-refractivity contribution in [2.45, 2.75) is 6.92 Å². The Labute approximate surface area is 64.4 Å². The third-order valence-electron chi connectivity index (χ3n) is 1.03. The maximum absolute atomic E-state index is 12.2. The van der Waals surface area contributed by atoms with Crippen LogP contribution in [-0.4, -0.2) is 11.7 Å². The molecule has 0 rings (SSSR count). The van der Waals surface area contributed by atoms with E-state index in [2.05, 4.69) is 6.58 Å². The second-order valence-electron chi connectivity index (χ2n) is 2.01. The zero-order chi connectivity index (χ0) is 8.85. The molecule has 0 atom stereocenters. The van der Waals surface area contributed by atoms with Gasteiger partial charge < -0.3 is 5.11 Å². The Morgan fingerprint density at radius 1 is 1.45 bits per heavy atom. The van der Waals surface area contributed by atoms with E-state index in [-0.39, 0.29) is 5.57 Å². The summed E-state index contributed by atoms with van der Waals surface area (Å²) < 4.78 is 24.3. The molecule has 0 fully saturated rings. The van der Waals surface area contributed by atoms with Gasteiger partial charge in [-0.25, -0.2) is 8.78 Å². The summed E-state index contributed by atoms with van der Waals surface area (Å²) in [5.74, 6) is -1.19. The van der Waals surface area contributed by atoms with Gasteiger partial charge in [-0.05, 0) is 13.0 Å². The summed E-state index contributed by atoms with van der Waals surface area (Å²) in [4.78, 5) is 0. The molecule has 0 saturated heterocycles. The van der Waals surface area contributed by atoms with Gasteiger partial charge in [0.15, 0.2) is 0 Å².